The van der Waals surface area contributed by atoms with Gasteiger partial charge in [0.25, 0.3) is 5.56 Å². The van der Waals surface area contributed by atoms with Crippen molar-refractivity contribution in [2.24, 2.45) is 0 Å². The number of hydrogen-bond acceptors (Lipinski definition) is 6. The van der Waals surface area contributed by atoms with Gasteiger partial charge in [-0.3, -0.25) is 9.36 Å². The Balaban J connectivity index is 1.54. The van der Waals surface area contributed by atoms with Crippen molar-refractivity contribution in [1.29, 1.82) is 0 Å². The number of halogens is 1. The van der Waals surface area contributed by atoms with Crippen LogP contribution in [-0.4, -0.2) is 32.2 Å². The van der Waals surface area contributed by atoms with Crippen LogP contribution in [0.5, 0.6) is 0 Å². The summed E-state index contributed by atoms with van der Waals surface area (Å²) in [5, 5.41) is 16.5. The van der Waals surface area contributed by atoms with Gasteiger partial charge >= 0.3 is 5.97 Å². The maximum Gasteiger partial charge on any atom is 0.335 e. The van der Waals surface area contributed by atoms with Gasteiger partial charge in [-0.2, -0.15) is 0 Å². The van der Waals surface area contributed by atoms with E-state index in [-0.39, 0.29) is 21.8 Å². The van der Waals surface area contributed by atoms with Crippen molar-refractivity contribution in [2.45, 2.75) is 19.9 Å². The Kier molecular flexibility index (Phi) is 5.32. The molecule has 9 heteroatoms. The summed E-state index contributed by atoms with van der Waals surface area (Å²) in [5.41, 5.74) is 4.63. The van der Waals surface area contributed by atoms with Gasteiger partial charge in [0, 0.05) is 24.6 Å². The molecule has 0 fully saturated rings. The molecule has 8 nitrogen and oxygen atoms in total. The van der Waals surface area contributed by atoms with Crippen molar-refractivity contribution in [3.8, 4) is 5.69 Å². The molecule has 4 aromatic rings. The molecular formula is C24H20ClN5O3. The Labute approximate surface area is 193 Å². The molecule has 166 valence electrons. The molecule has 0 radical (unpaired) electrons. The number of aryl methyl sites for hydroxylation is 1. The van der Waals surface area contributed by atoms with E-state index >= 15 is 0 Å². The normalized spacial score (nSPS) is 13.0. The van der Waals surface area contributed by atoms with E-state index in [1.165, 1.54) is 40.1 Å². The zero-order valence-electron chi connectivity index (χ0n) is 17.7. The summed E-state index contributed by atoms with van der Waals surface area (Å²) >= 11 is 6.28. The number of carbonyl (C=O) groups is 1. The number of fused-ring (bicyclic) bond motifs is 2. The van der Waals surface area contributed by atoms with Gasteiger partial charge in [-0.1, -0.05) is 17.7 Å². The molecule has 1 aliphatic rings. The van der Waals surface area contributed by atoms with Gasteiger partial charge in [0.15, 0.2) is 0 Å². The highest BCUT2D eigenvalue weighted by atomic mass is 35.5. The summed E-state index contributed by atoms with van der Waals surface area (Å²) in [4.78, 5) is 33.5. The number of carboxylic acid groups (broad SMARTS) is 1. The van der Waals surface area contributed by atoms with Gasteiger partial charge in [-0.25, -0.2) is 14.8 Å². The van der Waals surface area contributed by atoms with Gasteiger partial charge in [-0.05, 0) is 66.9 Å². The molecule has 0 bridgehead atoms. The summed E-state index contributed by atoms with van der Waals surface area (Å²) in [6.07, 6.45) is 4.09. The fourth-order valence-corrected chi connectivity index (χ4v) is 4.25. The van der Waals surface area contributed by atoms with Gasteiger partial charge in [0.2, 0.25) is 5.95 Å². The number of benzene rings is 2. The van der Waals surface area contributed by atoms with Gasteiger partial charge < -0.3 is 15.7 Å². The minimum atomic E-state index is -1.10. The van der Waals surface area contributed by atoms with Crippen LogP contribution in [-0.2, 0) is 13.0 Å². The highest BCUT2D eigenvalue weighted by molar-refractivity contribution is 6.32. The van der Waals surface area contributed by atoms with Crippen LogP contribution < -0.4 is 16.2 Å². The first-order valence-corrected chi connectivity index (χ1v) is 10.8. The van der Waals surface area contributed by atoms with Crippen LogP contribution in [0.25, 0.3) is 16.6 Å². The third kappa shape index (κ3) is 3.94. The predicted octanol–water partition coefficient (Wildman–Crippen LogP) is 3.83. The fraction of sp³-hybridized carbons (Fsp3) is 0.167. The van der Waals surface area contributed by atoms with Crippen molar-refractivity contribution in [3.63, 3.8) is 0 Å². The van der Waals surface area contributed by atoms with Crippen LogP contribution in [0.15, 0.2) is 53.6 Å². The van der Waals surface area contributed by atoms with E-state index in [4.69, 9.17) is 11.6 Å². The molecule has 33 heavy (non-hydrogen) atoms. The third-order valence-electron chi connectivity index (χ3n) is 5.74. The molecule has 3 heterocycles. The fourth-order valence-electron chi connectivity index (χ4n) is 4.04. The summed E-state index contributed by atoms with van der Waals surface area (Å²) in [7, 11) is 0. The molecule has 0 saturated carbocycles. The van der Waals surface area contributed by atoms with Crippen molar-refractivity contribution in [1.82, 2.24) is 19.9 Å². The standard InChI is InChI=1S/C24H20ClN5O3/c1-13-12-30(20-9-15(23(32)33)3-5-19(20)25)22(31)18-11-27-24(29-21(13)18)28-17-4-2-14-6-7-26-10-16(14)8-17/h2-5,8-9,11-12,26H,6-7,10H2,1H3,(H,32,33)(H,27,28,29). The zero-order valence-corrected chi connectivity index (χ0v) is 18.5. The van der Waals surface area contributed by atoms with Gasteiger partial charge in [-0.15, -0.1) is 0 Å². The molecule has 0 atom stereocenters. The molecule has 0 amide bonds. The lowest BCUT2D eigenvalue weighted by molar-refractivity contribution is 0.0697. The molecule has 2 aromatic heterocycles. The lowest BCUT2D eigenvalue weighted by Gasteiger charge is -2.18. The number of carboxylic acids is 1. The van der Waals surface area contributed by atoms with Crippen LogP contribution in [0.4, 0.5) is 11.6 Å². The van der Waals surface area contributed by atoms with E-state index in [1.807, 2.05) is 13.0 Å². The molecule has 0 aliphatic carbocycles. The monoisotopic (exact) mass is 461 g/mol. The van der Waals surface area contributed by atoms with E-state index < -0.39 is 5.97 Å². The first-order valence-electron chi connectivity index (χ1n) is 10.4. The Morgan fingerprint density at radius 3 is 2.88 bits per heavy atom. The van der Waals surface area contributed by atoms with Crippen LogP contribution in [0.2, 0.25) is 5.02 Å². The zero-order chi connectivity index (χ0) is 23.1. The predicted molar refractivity (Wildman–Crippen MR) is 127 cm³/mol. The first-order chi connectivity index (χ1) is 15.9. The smallest absolute Gasteiger partial charge is 0.335 e. The second-order valence-electron chi connectivity index (χ2n) is 7.95. The Hall–Kier alpha value is -3.75. The molecule has 3 N–H and O–H groups in total. The number of aromatic nitrogens is 3. The van der Waals surface area contributed by atoms with Crippen molar-refractivity contribution in [2.75, 3.05) is 11.9 Å². The molecule has 0 saturated heterocycles. The Morgan fingerprint density at radius 2 is 2.06 bits per heavy atom. The third-order valence-corrected chi connectivity index (χ3v) is 6.06. The van der Waals surface area contributed by atoms with Gasteiger partial charge in [0.05, 0.1) is 27.2 Å². The quantitative estimate of drug-likeness (QED) is 0.423. The number of nitrogens with zero attached hydrogens (tertiary/aromatic N) is 3. The number of nitrogens with one attached hydrogen (secondary N) is 2. The first kappa shape index (κ1) is 21.1. The summed E-state index contributed by atoms with van der Waals surface area (Å²) < 4.78 is 1.33. The summed E-state index contributed by atoms with van der Waals surface area (Å²) in [5.74, 6) is -0.715. The number of pyridine rings is 1. The maximum absolute atomic E-state index is 13.2. The number of anilines is 2. The minimum Gasteiger partial charge on any atom is -0.478 e. The molecule has 1 aliphatic heterocycles. The van der Waals surface area contributed by atoms with E-state index in [1.54, 1.807) is 6.20 Å². The lowest BCUT2D eigenvalue weighted by Crippen LogP contribution is -2.23. The Bertz CT molecular complexity index is 1480. The topological polar surface area (TPSA) is 109 Å². The Morgan fingerprint density at radius 1 is 1.21 bits per heavy atom. The number of aromatic carboxylic acids is 1. The van der Waals surface area contributed by atoms with Crippen LogP contribution >= 0.6 is 11.6 Å². The molecule has 5 rings (SSSR count). The van der Waals surface area contributed by atoms with Crippen molar-refractivity contribution >= 4 is 40.1 Å². The van der Waals surface area contributed by atoms with Crippen molar-refractivity contribution < 1.29 is 9.90 Å². The SMILES string of the molecule is Cc1cn(-c2cc(C(=O)O)ccc2Cl)c(=O)c2cnc(Nc3ccc4c(c3)CNCC4)nc12. The second kappa shape index (κ2) is 8.31. The highest BCUT2D eigenvalue weighted by Crippen LogP contribution is 2.25. The van der Waals surface area contributed by atoms with E-state index in [0.717, 1.165) is 30.8 Å². The van der Waals surface area contributed by atoms with Crippen LogP contribution in [0.3, 0.4) is 0 Å². The molecule has 2 aromatic carbocycles. The van der Waals surface area contributed by atoms with E-state index in [0.29, 0.717) is 16.9 Å². The van der Waals surface area contributed by atoms with E-state index in [2.05, 4.69) is 32.7 Å². The van der Waals surface area contributed by atoms with Gasteiger partial charge in [0.1, 0.15) is 0 Å². The number of rotatable bonds is 4. The van der Waals surface area contributed by atoms with Crippen LogP contribution in [0.1, 0.15) is 27.0 Å². The maximum atomic E-state index is 13.2. The summed E-state index contributed by atoms with van der Waals surface area (Å²) in [6.45, 7) is 3.64. The van der Waals surface area contributed by atoms with Crippen LogP contribution in [0, 0.1) is 6.92 Å². The lowest BCUT2D eigenvalue weighted by atomic mass is 10.0. The second-order valence-corrected chi connectivity index (χ2v) is 8.36. The van der Waals surface area contributed by atoms with Crippen molar-refractivity contribution in [3.05, 3.63) is 86.4 Å². The molecular weight excluding hydrogens is 442 g/mol. The number of hydrogen-bond donors (Lipinski definition) is 3. The average Bonchev–Trinajstić information content (AvgIpc) is 2.81. The summed E-state index contributed by atoms with van der Waals surface area (Å²) in [6, 6.07) is 10.4. The van der Waals surface area contributed by atoms with E-state index in [9.17, 15) is 14.7 Å². The molecule has 0 spiro atoms. The largest absolute Gasteiger partial charge is 0.478 e. The minimum absolute atomic E-state index is 0.0371. The highest BCUT2D eigenvalue weighted by Gasteiger charge is 2.15. The average molecular weight is 462 g/mol. The molecule has 0 unspecified atom stereocenters.